The summed E-state index contributed by atoms with van der Waals surface area (Å²) in [7, 11) is 0. The smallest absolute Gasteiger partial charge is 0.264 e. The van der Waals surface area contributed by atoms with Crippen molar-refractivity contribution in [2.24, 2.45) is 5.41 Å². The predicted octanol–water partition coefficient (Wildman–Crippen LogP) is 5.61. The summed E-state index contributed by atoms with van der Waals surface area (Å²) in [6.07, 6.45) is 2.87. The molecule has 2 aliphatic rings. The maximum absolute atomic E-state index is 13.7. The van der Waals surface area contributed by atoms with Crippen molar-refractivity contribution in [2.45, 2.75) is 20.3 Å². The predicted molar refractivity (Wildman–Crippen MR) is 105 cm³/mol. The molecule has 0 atom stereocenters. The Balaban J connectivity index is 1.84. The molecule has 0 saturated heterocycles. The lowest BCUT2D eigenvalue weighted by Crippen LogP contribution is -2.26. The third kappa shape index (κ3) is 2.33. The molecule has 0 radical (unpaired) electrons. The number of fused-ring (bicyclic) bond motifs is 2. The maximum Gasteiger partial charge on any atom is 0.264 e. The van der Waals surface area contributed by atoms with Crippen molar-refractivity contribution in [1.29, 1.82) is 0 Å². The third-order valence-electron chi connectivity index (χ3n) is 5.19. The Morgan fingerprint density at radius 2 is 1.93 bits per heavy atom. The minimum atomic E-state index is -0.504. The van der Waals surface area contributed by atoms with Crippen LogP contribution in [0.15, 0.2) is 48.5 Å². The van der Waals surface area contributed by atoms with Gasteiger partial charge in [-0.3, -0.25) is 14.7 Å². The van der Waals surface area contributed by atoms with E-state index in [1.165, 1.54) is 12.1 Å². The number of para-hydroxylation sites is 1. The van der Waals surface area contributed by atoms with Gasteiger partial charge >= 0.3 is 0 Å². The average molecular weight is 379 g/mol. The minimum absolute atomic E-state index is 0.00451. The van der Waals surface area contributed by atoms with Crippen LogP contribution in [-0.2, 0) is 6.42 Å². The minimum Gasteiger partial charge on any atom is -0.277 e. The molecule has 2 heterocycles. The van der Waals surface area contributed by atoms with Crippen LogP contribution in [0, 0.1) is 11.2 Å². The zero-order valence-corrected chi connectivity index (χ0v) is 15.6. The zero-order chi connectivity index (χ0) is 18.9. The second-order valence-electron chi connectivity index (χ2n) is 7.76. The largest absolute Gasteiger partial charge is 0.277 e. The highest BCUT2D eigenvalue weighted by Gasteiger charge is 2.42. The fourth-order valence-electron chi connectivity index (χ4n) is 4.09. The van der Waals surface area contributed by atoms with Gasteiger partial charge in [0.15, 0.2) is 0 Å². The topological polar surface area (TPSA) is 33.2 Å². The molecule has 134 valence electrons. The first-order valence-electron chi connectivity index (χ1n) is 8.80. The highest BCUT2D eigenvalue weighted by molar-refractivity contribution is 6.32. The molecule has 3 aromatic rings. The monoisotopic (exact) mass is 378 g/mol. The molecule has 1 amide bonds. The average Bonchev–Trinajstić information content (AvgIpc) is 2.90. The van der Waals surface area contributed by atoms with Crippen LogP contribution >= 0.6 is 11.6 Å². The molecule has 0 bridgehead atoms. The van der Waals surface area contributed by atoms with E-state index >= 15 is 0 Å². The van der Waals surface area contributed by atoms with Gasteiger partial charge in [0.1, 0.15) is 5.82 Å². The van der Waals surface area contributed by atoms with Gasteiger partial charge in [0.2, 0.25) is 0 Å². The number of hydrogen-bond donors (Lipinski definition) is 0. The summed E-state index contributed by atoms with van der Waals surface area (Å²) in [5.74, 6) is -0.633. The molecule has 0 spiro atoms. The lowest BCUT2D eigenvalue weighted by atomic mass is 9.79. The summed E-state index contributed by atoms with van der Waals surface area (Å²) >= 11 is 5.99. The molecule has 5 heteroatoms. The number of benzene rings is 2. The number of aromatic nitrogens is 1. The Kier molecular flexibility index (Phi) is 3.29. The maximum atomic E-state index is 13.7. The number of carbonyl (C=O) groups excluding carboxylic acids is 1. The first-order chi connectivity index (χ1) is 12.9. The number of halogens is 2. The quantitative estimate of drug-likeness (QED) is 0.551. The lowest BCUT2D eigenvalue weighted by Gasteiger charge is -2.30. The second kappa shape index (κ2) is 5.40. The number of hydrogen-bond acceptors (Lipinski definition) is 2. The molecule has 2 aromatic carbocycles. The molecule has 27 heavy (non-hydrogen) atoms. The second-order valence-corrected chi connectivity index (χ2v) is 8.17. The SMILES string of the molecule is CC1(C)C=C2c3c(nc4ccccc4c3C(=O)N2c2ccc(F)c(Cl)c2)C1. The van der Waals surface area contributed by atoms with E-state index in [9.17, 15) is 9.18 Å². The van der Waals surface area contributed by atoms with E-state index in [2.05, 4.69) is 19.9 Å². The van der Waals surface area contributed by atoms with Crippen LogP contribution in [0.3, 0.4) is 0 Å². The van der Waals surface area contributed by atoms with Crippen molar-refractivity contribution < 1.29 is 9.18 Å². The normalized spacial score (nSPS) is 17.3. The van der Waals surface area contributed by atoms with E-state index < -0.39 is 5.82 Å². The summed E-state index contributed by atoms with van der Waals surface area (Å²) < 4.78 is 13.7. The van der Waals surface area contributed by atoms with Crippen LogP contribution in [0.25, 0.3) is 16.6 Å². The molecule has 5 rings (SSSR count). The van der Waals surface area contributed by atoms with Crippen molar-refractivity contribution >= 4 is 39.8 Å². The van der Waals surface area contributed by atoms with E-state index in [1.807, 2.05) is 24.3 Å². The van der Waals surface area contributed by atoms with Crippen LogP contribution in [0.5, 0.6) is 0 Å². The highest BCUT2D eigenvalue weighted by Crippen LogP contribution is 2.47. The van der Waals surface area contributed by atoms with Crippen LogP contribution < -0.4 is 4.90 Å². The van der Waals surface area contributed by atoms with E-state index in [1.54, 1.807) is 11.0 Å². The first-order valence-corrected chi connectivity index (χ1v) is 9.18. The Morgan fingerprint density at radius 1 is 1.15 bits per heavy atom. The van der Waals surface area contributed by atoms with Crippen LogP contribution in [0.1, 0.15) is 35.5 Å². The van der Waals surface area contributed by atoms with Gasteiger partial charge in [-0.05, 0) is 36.1 Å². The van der Waals surface area contributed by atoms with Crippen molar-refractivity contribution in [3.05, 3.63) is 76.2 Å². The van der Waals surface area contributed by atoms with Gasteiger partial charge in [0.05, 0.1) is 33.2 Å². The third-order valence-corrected chi connectivity index (χ3v) is 5.48. The molecule has 0 saturated carbocycles. The molecule has 1 aromatic heterocycles. The summed E-state index contributed by atoms with van der Waals surface area (Å²) in [5.41, 5.74) is 4.51. The highest BCUT2D eigenvalue weighted by atomic mass is 35.5. The molecule has 1 aliphatic heterocycles. The van der Waals surface area contributed by atoms with E-state index in [0.29, 0.717) is 11.3 Å². The van der Waals surface area contributed by atoms with Crippen molar-refractivity contribution in [3.63, 3.8) is 0 Å². The first kappa shape index (κ1) is 16.5. The van der Waals surface area contributed by atoms with Gasteiger partial charge in [0, 0.05) is 10.9 Å². The van der Waals surface area contributed by atoms with Crippen molar-refractivity contribution in [2.75, 3.05) is 4.90 Å². The number of pyridine rings is 1. The molecule has 0 unspecified atom stereocenters. The van der Waals surface area contributed by atoms with Crippen LogP contribution in [-0.4, -0.2) is 10.9 Å². The van der Waals surface area contributed by atoms with Crippen LogP contribution in [0.2, 0.25) is 5.02 Å². The number of anilines is 1. The summed E-state index contributed by atoms with van der Waals surface area (Å²) in [4.78, 5) is 20.0. The molecule has 3 nitrogen and oxygen atoms in total. The van der Waals surface area contributed by atoms with Gasteiger partial charge in [-0.2, -0.15) is 0 Å². The number of nitrogens with zero attached hydrogens (tertiary/aromatic N) is 2. The van der Waals surface area contributed by atoms with E-state index in [0.717, 1.165) is 34.3 Å². The summed E-state index contributed by atoms with van der Waals surface area (Å²) in [5, 5.41) is 0.831. The molecule has 0 N–H and O–H groups in total. The van der Waals surface area contributed by atoms with Crippen molar-refractivity contribution in [3.8, 4) is 0 Å². The Labute approximate surface area is 161 Å². The summed E-state index contributed by atoms with van der Waals surface area (Å²) in [6.45, 7) is 4.25. The number of allylic oxidation sites excluding steroid dienone is 1. The number of carbonyl (C=O) groups is 1. The van der Waals surface area contributed by atoms with E-state index in [4.69, 9.17) is 16.6 Å². The fraction of sp³-hybridized carbons (Fsp3) is 0.182. The van der Waals surface area contributed by atoms with Gasteiger partial charge in [-0.15, -0.1) is 0 Å². The molecular formula is C22H16ClFN2O. The number of amides is 1. The molecule has 1 aliphatic carbocycles. The molecule has 0 fully saturated rings. The van der Waals surface area contributed by atoms with Gasteiger partial charge < -0.3 is 0 Å². The fourth-order valence-corrected chi connectivity index (χ4v) is 4.27. The van der Waals surface area contributed by atoms with Crippen LogP contribution in [0.4, 0.5) is 10.1 Å². The van der Waals surface area contributed by atoms with Gasteiger partial charge in [-0.1, -0.05) is 49.7 Å². The number of rotatable bonds is 1. The van der Waals surface area contributed by atoms with Gasteiger partial charge in [-0.25, -0.2) is 4.39 Å². The Bertz CT molecular complexity index is 1180. The molecular weight excluding hydrogens is 363 g/mol. The van der Waals surface area contributed by atoms with Crippen molar-refractivity contribution in [1.82, 2.24) is 4.98 Å². The Morgan fingerprint density at radius 3 is 2.70 bits per heavy atom. The van der Waals surface area contributed by atoms with Gasteiger partial charge in [0.25, 0.3) is 5.91 Å². The zero-order valence-electron chi connectivity index (χ0n) is 14.9. The summed E-state index contributed by atoms with van der Waals surface area (Å²) in [6, 6.07) is 12.1. The van der Waals surface area contributed by atoms with E-state index in [-0.39, 0.29) is 16.3 Å². The standard InChI is InChI=1S/C22H16ClFN2O/c1-22(2)10-17-20-18(11-22)26(12-7-8-15(24)14(23)9-12)21(27)19(20)13-5-3-4-6-16(13)25-17/h3-9,11H,10H2,1-2H3. The lowest BCUT2D eigenvalue weighted by molar-refractivity contribution is 0.101. The Hall–Kier alpha value is -2.72.